The molecule has 4 aliphatic rings. The number of hydrogen-bond donors (Lipinski definition) is 1. The molecule has 21 heavy (non-hydrogen) atoms. The molecule has 0 radical (unpaired) electrons. The number of alkyl halides is 1. The van der Waals surface area contributed by atoms with Crippen molar-refractivity contribution < 1.29 is 14.6 Å². The number of esters is 1. The maximum absolute atomic E-state index is 12.4. The largest absolute Gasteiger partial charge is 0.459 e. The van der Waals surface area contributed by atoms with Gasteiger partial charge in [0.1, 0.15) is 5.60 Å². The summed E-state index contributed by atoms with van der Waals surface area (Å²) in [7, 11) is 0. The highest BCUT2D eigenvalue weighted by atomic mass is 127. The van der Waals surface area contributed by atoms with Gasteiger partial charge in [-0.15, -0.1) is 0 Å². The Bertz CT molecular complexity index is 391. The predicted octanol–water partition coefficient (Wildman–Crippen LogP) is 4.10. The fourth-order valence-corrected chi connectivity index (χ4v) is 4.73. The maximum Gasteiger partial charge on any atom is 0.312 e. The molecule has 0 spiro atoms. The number of hydrogen-bond acceptors (Lipinski definition) is 3. The van der Waals surface area contributed by atoms with Crippen LogP contribution < -0.4 is 0 Å². The second-order valence-corrected chi connectivity index (χ2v) is 8.00. The summed E-state index contributed by atoms with van der Waals surface area (Å²) in [4.78, 5) is 14.4. The maximum atomic E-state index is 12.4. The van der Waals surface area contributed by atoms with Crippen LogP contribution in [0.25, 0.3) is 0 Å². The number of ether oxygens (including phenoxy) is 1. The Kier molecular flexibility index (Phi) is 4.99. The number of aliphatic hydroxyl groups is 1. The molecule has 2 unspecified atom stereocenters. The standard InChI is InChI=1S/C16H26O3.CH3I/c1-4-14(2,3)13(17)19-16-8-11-5-12(9-16)7-15(18,6-11)10-16;1-2/h11-12,18H,4-10H2,1-3H3;1H3. The number of rotatable bonds is 3. The van der Waals surface area contributed by atoms with E-state index in [4.69, 9.17) is 4.74 Å². The molecule has 2 atom stereocenters. The Balaban J connectivity index is 0.000000774. The van der Waals surface area contributed by atoms with Gasteiger partial charge in [0.15, 0.2) is 0 Å². The highest BCUT2D eigenvalue weighted by Crippen LogP contribution is 2.59. The van der Waals surface area contributed by atoms with Gasteiger partial charge in [-0.3, -0.25) is 4.79 Å². The third kappa shape index (κ3) is 3.41. The van der Waals surface area contributed by atoms with Crippen LogP contribution in [0.5, 0.6) is 0 Å². The van der Waals surface area contributed by atoms with E-state index in [2.05, 4.69) is 22.6 Å². The van der Waals surface area contributed by atoms with Crippen LogP contribution >= 0.6 is 22.6 Å². The lowest BCUT2D eigenvalue weighted by Gasteiger charge is -2.59. The molecule has 0 heterocycles. The quantitative estimate of drug-likeness (QED) is 0.435. The average Bonchev–Trinajstić information content (AvgIpc) is 2.37. The van der Waals surface area contributed by atoms with E-state index in [1.165, 1.54) is 6.42 Å². The molecule has 4 aliphatic carbocycles. The zero-order chi connectivity index (χ0) is 15.9. The molecular weight excluding hydrogens is 379 g/mol. The Morgan fingerprint density at radius 3 is 2.19 bits per heavy atom. The van der Waals surface area contributed by atoms with E-state index in [0.717, 1.165) is 32.1 Å². The third-order valence-corrected chi connectivity index (χ3v) is 5.72. The third-order valence-electron chi connectivity index (χ3n) is 5.72. The molecule has 0 aromatic rings. The van der Waals surface area contributed by atoms with Crippen LogP contribution in [0.2, 0.25) is 0 Å². The topological polar surface area (TPSA) is 46.5 Å². The first-order chi connectivity index (χ1) is 9.76. The van der Waals surface area contributed by atoms with Crippen molar-refractivity contribution >= 4 is 28.6 Å². The summed E-state index contributed by atoms with van der Waals surface area (Å²) in [5.41, 5.74) is -1.32. The van der Waals surface area contributed by atoms with Crippen LogP contribution in [0, 0.1) is 17.3 Å². The van der Waals surface area contributed by atoms with E-state index in [9.17, 15) is 9.90 Å². The highest BCUT2D eigenvalue weighted by molar-refractivity contribution is 14.1. The van der Waals surface area contributed by atoms with Crippen LogP contribution in [0.15, 0.2) is 0 Å². The summed E-state index contributed by atoms with van der Waals surface area (Å²) < 4.78 is 5.97. The van der Waals surface area contributed by atoms with Gasteiger partial charge in [0.25, 0.3) is 0 Å². The van der Waals surface area contributed by atoms with Crippen molar-refractivity contribution in [1.82, 2.24) is 0 Å². The second-order valence-electron chi connectivity index (χ2n) is 8.00. The summed E-state index contributed by atoms with van der Waals surface area (Å²) in [6.45, 7) is 5.92. The van der Waals surface area contributed by atoms with Gasteiger partial charge in [0.05, 0.1) is 11.0 Å². The lowest BCUT2D eigenvalue weighted by Crippen LogP contribution is -2.61. The molecule has 3 nitrogen and oxygen atoms in total. The second kappa shape index (κ2) is 5.99. The summed E-state index contributed by atoms with van der Waals surface area (Å²) in [5.74, 6) is 1.04. The molecule has 0 amide bonds. The number of carbonyl (C=O) groups is 1. The van der Waals surface area contributed by atoms with Gasteiger partial charge in [-0.05, 0) is 69.1 Å². The van der Waals surface area contributed by atoms with E-state index in [-0.39, 0.29) is 11.6 Å². The Morgan fingerprint density at radius 1 is 1.24 bits per heavy atom. The lowest BCUT2D eigenvalue weighted by atomic mass is 9.52. The molecule has 0 aliphatic heterocycles. The molecule has 0 aromatic heterocycles. The fraction of sp³-hybridized carbons (Fsp3) is 0.941. The summed E-state index contributed by atoms with van der Waals surface area (Å²) >= 11 is 2.15. The van der Waals surface area contributed by atoms with Crippen molar-refractivity contribution in [2.24, 2.45) is 17.3 Å². The van der Waals surface area contributed by atoms with E-state index in [0.29, 0.717) is 18.3 Å². The van der Waals surface area contributed by atoms with E-state index < -0.39 is 11.0 Å². The van der Waals surface area contributed by atoms with E-state index >= 15 is 0 Å². The van der Waals surface area contributed by atoms with Crippen LogP contribution in [0.1, 0.15) is 65.7 Å². The van der Waals surface area contributed by atoms with E-state index in [1.54, 1.807) is 0 Å². The van der Waals surface area contributed by atoms with Crippen molar-refractivity contribution in [3.05, 3.63) is 0 Å². The minimum absolute atomic E-state index is 0.0828. The molecule has 4 fully saturated rings. The van der Waals surface area contributed by atoms with Gasteiger partial charge < -0.3 is 9.84 Å². The van der Waals surface area contributed by atoms with Gasteiger partial charge in [0, 0.05) is 6.42 Å². The molecule has 4 saturated carbocycles. The molecular formula is C17H29IO3. The fourth-order valence-electron chi connectivity index (χ4n) is 4.73. The van der Waals surface area contributed by atoms with Gasteiger partial charge in [-0.25, -0.2) is 0 Å². The van der Waals surface area contributed by atoms with Crippen LogP contribution in [0.3, 0.4) is 0 Å². The zero-order valence-electron chi connectivity index (χ0n) is 13.7. The first kappa shape index (κ1) is 17.5. The van der Waals surface area contributed by atoms with Gasteiger partial charge in [-0.2, -0.15) is 0 Å². The first-order valence-corrected chi connectivity index (χ1v) is 10.3. The smallest absolute Gasteiger partial charge is 0.312 e. The Hall–Kier alpha value is 0.160. The SMILES string of the molecule is CCC(C)(C)C(=O)OC12CC3CC(CC(O)(C3)C1)C2.CI. The summed E-state index contributed by atoms with van der Waals surface area (Å²) in [6.07, 6.45) is 6.45. The molecule has 0 saturated heterocycles. The minimum atomic E-state index is -0.555. The van der Waals surface area contributed by atoms with Crippen LogP contribution in [0.4, 0.5) is 0 Å². The molecule has 4 heteroatoms. The number of carbonyl (C=O) groups excluding carboxylic acids is 1. The molecule has 4 rings (SSSR count). The Labute approximate surface area is 142 Å². The van der Waals surface area contributed by atoms with Crippen molar-refractivity contribution in [1.29, 1.82) is 0 Å². The summed E-state index contributed by atoms with van der Waals surface area (Å²) in [6, 6.07) is 0. The van der Waals surface area contributed by atoms with Gasteiger partial charge >= 0.3 is 5.97 Å². The predicted molar refractivity (Wildman–Crippen MR) is 92.5 cm³/mol. The van der Waals surface area contributed by atoms with Crippen LogP contribution in [-0.2, 0) is 9.53 Å². The first-order valence-electron chi connectivity index (χ1n) is 8.10. The van der Waals surface area contributed by atoms with E-state index in [1.807, 2.05) is 25.7 Å². The van der Waals surface area contributed by atoms with Crippen molar-refractivity contribution in [2.75, 3.05) is 4.93 Å². The monoisotopic (exact) mass is 408 g/mol. The zero-order valence-corrected chi connectivity index (χ0v) is 15.9. The molecule has 4 bridgehead atoms. The van der Waals surface area contributed by atoms with Crippen molar-refractivity contribution in [3.63, 3.8) is 0 Å². The minimum Gasteiger partial charge on any atom is -0.459 e. The molecule has 1 N–H and O–H groups in total. The van der Waals surface area contributed by atoms with Crippen molar-refractivity contribution in [3.8, 4) is 0 Å². The Morgan fingerprint density at radius 2 is 1.76 bits per heavy atom. The van der Waals surface area contributed by atoms with Crippen LogP contribution in [-0.4, -0.2) is 27.2 Å². The number of halogens is 1. The summed E-state index contributed by atoms with van der Waals surface area (Å²) in [5, 5.41) is 10.6. The normalized spacial score (nSPS) is 40.5. The average molecular weight is 408 g/mol. The lowest BCUT2D eigenvalue weighted by molar-refractivity contribution is -0.225. The van der Waals surface area contributed by atoms with Gasteiger partial charge in [-0.1, -0.05) is 29.5 Å². The highest BCUT2D eigenvalue weighted by Gasteiger charge is 2.59. The molecule has 0 aromatic carbocycles. The van der Waals surface area contributed by atoms with Gasteiger partial charge in [0.2, 0.25) is 0 Å². The molecule has 122 valence electrons. The van der Waals surface area contributed by atoms with Crippen molar-refractivity contribution in [2.45, 2.75) is 76.9 Å².